The summed E-state index contributed by atoms with van der Waals surface area (Å²) in [6.45, 7) is -0.0352. The fourth-order valence-electron chi connectivity index (χ4n) is 1.19. The van der Waals surface area contributed by atoms with Crippen molar-refractivity contribution in [3.05, 3.63) is 16.1 Å². The molecule has 4 nitrogen and oxygen atoms in total. The minimum atomic E-state index is -4.45. The zero-order valence-electron chi connectivity index (χ0n) is 10.2. The quantitative estimate of drug-likeness (QED) is 0.841. The molecule has 0 radical (unpaired) electrons. The third-order valence-corrected chi connectivity index (χ3v) is 3.72. The van der Waals surface area contributed by atoms with Gasteiger partial charge in [0.2, 0.25) is 5.91 Å². The van der Waals surface area contributed by atoms with Gasteiger partial charge in [-0.1, -0.05) is 0 Å². The summed E-state index contributed by atoms with van der Waals surface area (Å²) >= 11 is 2.43. The van der Waals surface area contributed by atoms with E-state index in [1.54, 1.807) is 11.8 Å². The van der Waals surface area contributed by atoms with Gasteiger partial charge in [0.1, 0.15) is 5.01 Å². The second-order valence-electron chi connectivity index (χ2n) is 3.73. The molecule has 0 bridgehead atoms. The van der Waals surface area contributed by atoms with Crippen molar-refractivity contribution in [2.75, 3.05) is 12.0 Å². The van der Waals surface area contributed by atoms with Gasteiger partial charge in [0.05, 0.1) is 12.6 Å². The van der Waals surface area contributed by atoms with Gasteiger partial charge in [0.25, 0.3) is 0 Å². The number of nitrogens with zero attached hydrogens (tertiary/aromatic N) is 1. The summed E-state index contributed by atoms with van der Waals surface area (Å²) in [5.74, 6) is 0.377. The van der Waals surface area contributed by atoms with Gasteiger partial charge in [-0.05, 0) is 18.4 Å². The van der Waals surface area contributed by atoms with Crippen LogP contribution in [0.15, 0.2) is 5.38 Å². The molecule has 108 valence electrons. The van der Waals surface area contributed by atoms with Gasteiger partial charge >= 0.3 is 6.18 Å². The molecule has 3 N–H and O–H groups in total. The van der Waals surface area contributed by atoms with E-state index in [4.69, 9.17) is 5.73 Å². The predicted octanol–water partition coefficient (Wildman–Crippen LogP) is 1.86. The van der Waals surface area contributed by atoms with Crippen LogP contribution in [0.4, 0.5) is 13.2 Å². The molecule has 19 heavy (non-hydrogen) atoms. The van der Waals surface area contributed by atoms with Gasteiger partial charge in [0, 0.05) is 5.38 Å². The third kappa shape index (κ3) is 5.37. The van der Waals surface area contributed by atoms with Crippen molar-refractivity contribution in [1.82, 2.24) is 10.3 Å². The van der Waals surface area contributed by atoms with Crippen LogP contribution in [-0.4, -0.2) is 28.9 Å². The molecule has 0 aliphatic heterocycles. The molecule has 1 aromatic rings. The van der Waals surface area contributed by atoms with Crippen LogP contribution < -0.4 is 11.1 Å². The van der Waals surface area contributed by atoms with Gasteiger partial charge in [0.15, 0.2) is 5.69 Å². The summed E-state index contributed by atoms with van der Waals surface area (Å²) in [5.41, 5.74) is 4.68. The fourth-order valence-corrected chi connectivity index (χ4v) is 2.42. The van der Waals surface area contributed by atoms with Crippen molar-refractivity contribution in [1.29, 1.82) is 0 Å². The lowest BCUT2D eigenvalue weighted by Gasteiger charge is -2.10. The van der Waals surface area contributed by atoms with Crippen molar-refractivity contribution >= 4 is 29.0 Å². The van der Waals surface area contributed by atoms with E-state index in [1.165, 1.54) is 0 Å². The number of hydrogen-bond acceptors (Lipinski definition) is 5. The average molecular weight is 313 g/mol. The molecule has 1 heterocycles. The van der Waals surface area contributed by atoms with E-state index in [2.05, 4.69) is 10.3 Å². The molecule has 1 rings (SSSR count). The lowest BCUT2D eigenvalue weighted by atomic mass is 10.2. The lowest BCUT2D eigenvalue weighted by molar-refractivity contribution is -0.140. The fraction of sp³-hybridized carbons (Fsp3) is 0.600. The zero-order valence-corrected chi connectivity index (χ0v) is 11.8. The summed E-state index contributed by atoms with van der Waals surface area (Å²) in [5, 5.41) is 3.61. The number of amides is 1. The van der Waals surface area contributed by atoms with Crippen molar-refractivity contribution in [2.24, 2.45) is 5.73 Å². The number of thiazole rings is 1. The van der Waals surface area contributed by atoms with E-state index in [-0.39, 0.29) is 17.5 Å². The average Bonchev–Trinajstić information content (AvgIpc) is 2.81. The first-order valence-corrected chi connectivity index (χ1v) is 7.65. The molecule has 1 atom stereocenters. The molecular formula is C10H14F3N3OS2. The molecule has 0 saturated carbocycles. The largest absolute Gasteiger partial charge is 0.434 e. The van der Waals surface area contributed by atoms with E-state index in [0.717, 1.165) is 22.5 Å². The standard InChI is InChI=1S/C10H14F3N3OS2/c1-18-3-2-6(14)9(17)15-4-8-16-7(5-19-8)10(11,12)13/h5-6H,2-4,14H2,1H3,(H,15,17)/t6-/m0/s1. The van der Waals surface area contributed by atoms with Crippen LogP contribution >= 0.6 is 23.1 Å². The topological polar surface area (TPSA) is 68.0 Å². The van der Waals surface area contributed by atoms with Crippen LogP contribution in [0.25, 0.3) is 0 Å². The predicted molar refractivity (Wildman–Crippen MR) is 69.9 cm³/mol. The highest BCUT2D eigenvalue weighted by Crippen LogP contribution is 2.29. The number of nitrogens with two attached hydrogens (primary N) is 1. The Morgan fingerprint density at radius 2 is 2.32 bits per heavy atom. The van der Waals surface area contributed by atoms with Crippen LogP contribution in [0, 0.1) is 0 Å². The van der Waals surface area contributed by atoms with E-state index >= 15 is 0 Å². The van der Waals surface area contributed by atoms with Crippen molar-refractivity contribution < 1.29 is 18.0 Å². The number of alkyl halides is 3. The number of aromatic nitrogens is 1. The molecule has 1 amide bonds. The van der Waals surface area contributed by atoms with Crippen LogP contribution in [0.1, 0.15) is 17.1 Å². The number of halogens is 3. The van der Waals surface area contributed by atoms with Crippen molar-refractivity contribution in [3.8, 4) is 0 Å². The highest BCUT2D eigenvalue weighted by atomic mass is 32.2. The zero-order chi connectivity index (χ0) is 14.5. The monoisotopic (exact) mass is 313 g/mol. The Morgan fingerprint density at radius 3 is 2.84 bits per heavy atom. The van der Waals surface area contributed by atoms with E-state index < -0.39 is 17.9 Å². The molecule has 1 aromatic heterocycles. The first-order chi connectivity index (χ1) is 8.84. The van der Waals surface area contributed by atoms with Gasteiger partial charge in [-0.15, -0.1) is 11.3 Å². The summed E-state index contributed by atoms with van der Waals surface area (Å²) in [4.78, 5) is 14.9. The highest BCUT2D eigenvalue weighted by molar-refractivity contribution is 7.98. The first-order valence-electron chi connectivity index (χ1n) is 5.38. The molecule has 9 heteroatoms. The van der Waals surface area contributed by atoms with Crippen molar-refractivity contribution in [3.63, 3.8) is 0 Å². The maximum absolute atomic E-state index is 12.3. The third-order valence-electron chi connectivity index (χ3n) is 2.23. The Labute approximate surface area is 117 Å². The second-order valence-corrected chi connectivity index (χ2v) is 5.66. The van der Waals surface area contributed by atoms with Crippen LogP contribution in [0.3, 0.4) is 0 Å². The highest BCUT2D eigenvalue weighted by Gasteiger charge is 2.33. The Bertz CT molecular complexity index is 422. The molecule has 0 aromatic carbocycles. The van der Waals surface area contributed by atoms with E-state index in [9.17, 15) is 18.0 Å². The van der Waals surface area contributed by atoms with Crippen LogP contribution in [0.5, 0.6) is 0 Å². The smallest absolute Gasteiger partial charge is 0.348 e. The first kappa shape index (κ1) is 16.3. The molecular weight excluding hydrogens is 299 g/mol. The molecule has 0 aliphatic carbocycles. The van der Waals surface area contributed by atoms with Crippen LogP contribution in [-0.2, 0) is 17.5 Å². The Morgan fingerprint density at radius 1 is 1.63 bits per heavy atom. The van der Waals surface area contributed by atoms with Gasteiger partial charge in [-0.2, -0.15) is 24.9 Å². The van der Waals surface area contributed by atoms with Gasteiger partial charge < -0.3 is 11.1 Å². The van der Waals surface area contributed by atoms with Gasteiger partial charge in [-0.25, -0.2) is 4.98 Å². The van der Waals surface area contributed by atoms with E-state index in [0.29, 0.717) is 6.42 Å². The molecule has 0 spiro atoms. The number of thioether (sulfide) groups is 1. The Hall–Kier alpha value is -0.800. The number of hydrogen-bond donors (Lipinski definition) is 2. The minimum Gasteiger partial charge on any atom is -0.348 e. The molecule has 0 fully saturated rings. The summed E-state index contributed by atoms with van der Waals surface area (Å²) in [7, 11) is 0. The maximum Gasteiger partial charge on any atom is 0.434 e. The number of rotatable bonds is 6. The van der Waals surface area contributed by atoms with E-state index in [1.807, 2.05) is 6.26 Å². The summed E-state index contributed by atoms with van der Waals surface area (Å²) < 4.78 is 36.9. The number of carbonyl (C=O) groups is 1. The normalized spacial score (nSPS) is 13.3. The Balaban J connectivity index is 2.44. The molecule has 0 saturated heterocycles. The Kier molecular flexibility index (Phi) is 6.08. The van der Waals surface area contributed by atoms with Gasteiger partial charge in [-0.3, -0.25) is 4.79 Å². The molecule has 0 unspecified atom stereocenters. The lowest BCUT2D eigenvalue weighted by Crippen LogP contribution is -2.40. The number of carbonyl (C=O) groups excluding carboxylic acids is 1. The summed E-state index contributed by atoms with van der Waals surface area (Å²) in [6.07, 6.45) is -2.02. The SMILES string of the molecule is CSCC[C@H](N)C(=O)NCc1nc(C(F)(F)F)cs1. The minimum absolute atomic E-state index is 0.0352. The maximum atomic E-state index is 12.3. The number of nitrogens with one attached hydrogen (secondary N) is 1. The summed E-state index contributed by atoms with van der Waals surface area (Å²) in [6, 6.07) is -0.644. The molecule has 0 aliphatic rings. The van der Waals surface area contributed by atoms with Crippen molar-refractivity contribution in [2.45, 2.75) is 25.2 Å². The van der Waals surface area contributed by atoms with Crippen LogP contribution in [0.2, 0.25) is 0 Å². The second kappa shape index (κ2) is 7.11.